The van der Waals surface area contributed by atoms with Gasteiger partial charge in [-0.15, -0.1) is 0 Å². The first-order valence-corrected chi connectivity index (χ1v) is 8.52. The molecular formula is C13H18Cl2N2O3S. The summed E-state index contributed by atoms with van der Waals surface area (Å²) in [4.78, 5) is 11.8. The molecule has 0 saturated carbocycles. The van der Waals surface area contributed by atoms with Gasteiger partial charge in [0.1, 0.15) is 0 Å². The lowest BCUT2D eigenvalue weighted by molar-refractivity contribution is 0.0949. The van der Waals surface area contributed by atoms with Gasteiger partial charge in [-0.05, 0) is 24.0 Å². The zero-order valence-corrected chi connectivity index (χ0v) is 14.4. The van der Waals surface area contributed by atoms with Crippen molar-refractivity contribution in [3.8, 4) is 0 Å². The lowest BCUT2D eigenvalue weighted by Crippen LogP contribution is -2.28. The fourth-order valence-electron chi connectivity index (χ4n) is 1.54. The van der Waals surface area contributed by atoms with Crippen LogP contribution in [0.4, 0.5) is 0 Å². The lowest BCUT2D eigenvalue weighted by Gasteiger charge is -2.18. The number of sulfonamides is 1. The summed E-state index contributed by atoms with van der Waals surface area (Å²) in [5.74, 6) is -0.489. The third kappa shape index (κ3) is 5.47. The molecule has 1 aromatic rings. The van der Waals surface area contributed by atoms with Gasteiger partial charge in [-0.25, -0.2) is 13.6 Å². The van der Waals surface area contributed by atoms with Crippen molar-refractivity contribution in [2.75, 3.05) is 6.54 Å². The molecule has 3 N–H and O–H groups in total. The fraction of sp³-hybridized carbons (Fsp3) is 0.462. The van der Waals surface area contributed by atoms with Gasteiger partial charge >= 0.3 is 0 Å². The van der Waals surface area contributed by atoms with Gasteiger partial charge < -0.3 is 5.32 Å². The van der Waals surface area contributed by atoms with Gasteiger partial charge in [-0.3, -0.25) is 4.79 Å². The molecule has 0 aliphatic heterocycles. The Hall–Kier alpha value is -0.820. The SMILES string of the molecule is CC(C)(C)CCNC(=O)c1cc(S(N)(=O)=O)cc(Cl)c1Cl. The summed E-state index contributed by atoms with van der Waals surface area (Å²) in [6, 6.07) is 2.24. The third-order valence-corrected chi connectivity index (χ3v) is 4.43. The van der Waals surface area contributed by atoms with Crippen LogP contribution >= 0.6 is 23.2 Å². The molecule has 0 radical (unpaired) electrons. The van der Waals surface area contributed by atoms with E-state index in [4.69, 9.17) is 28.3 Å². The molecule has 0 bridgehead atoms. The van der Waals surface area contributed by atoms with E-state index in [1.165, 1.54) is 0 Å². The Bertz CT molecular complexity index is 652. The van der Waals surface area contributed by atoms with Crippen molar-refractivity contribution in [2.24, 2.45) is 10.6 Å². The molecule has 8 heteroatoms. The van der Waals surface area contributed by atoms with Gasteiger partial charge in [0.2, 0.25) is 10.0 Å². The van der Waals surface area contributed by atoms with Gasteiger partial charge in [0.05, 0.1) is 20.5 Å². The summed E-state index contributed by atoms with van der Waals surface area (Å²) in [7, 11) is -3.96. The molecule has 0 atom stereocenters. The highest BCUT2D eigenvalue weighted by atomic mass is 35.5. The Balaban J connectivity index is 3.02. The van der Waals surface area contributed by atoms with E-state index in [1.807, 2.05) is 20.8 Å². The first-order chi connectivity index (χ1) is 9.42. The molecule has 0 aliphatic rings. The van der Waals surface area contributed by atoms with Crippen molar-refractivity contribution < 1.29 is 13.2 Å². The number of carbonyl (C=O) groups excluding carboxylic acids is 1. The average molecular weight is 353 g/mol. The highest BCUT2D eigenvalue weighted by Gasteiger charge is 2.19. The second-order valence-electron chi connectivity index (χ2n) is 5.88. The number of hydrogen-bond donors (Lipinski definition) is 2. The number of hydrogen-bond acceptors (Lipinski definition) is 3. The first-order valence-electron chi connectivity index (χ1n) is 6.22. The van der Waals surface area contributed by atoms with Gasteiger partial charge in [0, 0.05) is 6.54 Å². The highest BCUT2D eigenvalue weighted by Crippen LogP contribution is 2.29. The average Bonchev–Trinajstić information content (AvgIpc) is 2.29. The molecule has 1 aromatic carbocycles. The molecule has 1 amide bonds. The van der Waals surface area contributed by atoms with E-state index in [2.05, 4.69) is 5.32 Å². The number of nitrogens with two attached hydrogens (primary N) is 1. The maximum atomic E-state index is 12.1. The molecule has 0 aromatic heterocycles. The van der Waals surface area contributed by atoms with Crippen LogP contribution in [-0.2, 0) is 10.0 Å². The van der Waals surface area contributed by atoms with Crippen LogP contribution in [0.2, 0.25) is 10.0 Å². The van der Waals surface area contributed by atoms with E-state index < -0.39 is 15.9 Å². The minimum atomic E-state index is -3.96. The third-order valence-electron chi connectivity index (χ3n) is 2.74. The normalized spacial score (nSPS) is 12.3. The molecule has 0 saturated heterocycles. The van der Waals surface area contributed by atoms with E-state index in [9.17, 15) is 13.2 Å². The molecule has 0 heterocycles. The van der Waals surface area contributed by atoms with Crippen LogP contribution < -0.4 is 10.5 Å². The van der Waals surface area contributed by atoms with Crippen molar-refractivity contribution in [1.82, 2.24) is 5.32 Å². The van der Waals surface area contributed by atoms with E-state index in [1.54, 1.807) is 0 Å². The van der Waals surface area contributed by atoms with Crippen LogP contribution in [0.15, 0.2) is 17.0 Å². The van der Waals surface area contributed by atoms with Crippen LogP contribution in [0.25, 0.3) is 0 Å². The molecule has 0 spiro atoms. The topological polar surface area (TPSA) is 89.3 Å². The molecule has 0 fully saturated rings. The van der Waals surface area contributed by atoms with Crippen LogP contribution in [-0.4, -0.2) is 20.9 Å². The summed E-state index contributed by atoms with van der Waals surface area (Å²) >= 11 is 11.8. The number of amides is 1. The van der Waals surface area contributed by atoms with Gasteiger partial charge in [-0.1, -0.05) is 44.0 Å². The molecule has 118 valence electrons. The zero-order valence-electron chi connectivity index (χ0n) is 12.0. The van der Waals surface area contributed by atoms with E-state index in [0.29, 0.717) is 6.54 Å². The highest BCUT2D eigenvalue weighted by molar-refractivity contribution is 7.89. The lowest BCUT2D eigenvalue weighted by atomic mass is 9.92. The van der Waals surface area contributed by atoms with Crippen LogP contribution in [0, 0.1) is 5.41 Å². The quantitative estimate of drug-likeness (QED) is 0.872. The molecule has 0 aliphatic carbocycles. The Morgan fingerprint density at radius 2 is 1.86 bits per heavy atom. The molecular weight excluding hydrogens is 335 g/mol. The zero-order chi connectivity index (χ0) is 16.4. The predicted molar refractivity (Wildman–Crippen MR) is 84.2 cm³/mol. The van der Waals surface area contributed by atoms with E-state index >= 15 is 0 Å². The number of carbonyl (C=O) groups is 1. The van der Waals surface area contributed by atoms with Gasteiger partial charge in [0.15, 0.2) is 0 Å². The Kier molecular flexibility index (Phi) is 5.66. The fourth-order valence-corrected chi connectivity index (χ4v) is 2.58. The van der Waals surface area contributed by atoms with Crippen molar-refractivity contribution in [1.29, 1.82) is 0 Å². The second kappa shape index (κ2) is 6.52. The van der Waals surface area contributed by atoms with Crippen LogP contribution in [0.1, 0.15) is 37.6 Å². The maximum absolute atomic E-state index is 12.1. The molecule has 21 heavy (non-hydrogen) atoms. The first kappa shape index (κ1) is 18.2. The van der Waals surface area contributed by atoms with Crippen LogP contribution in [0.5, 0.6) is 0 Å². The van der Waals surface area contributed by atoms with Crippen molar-refractivity contribution in [3.63, 3.8) is 0 Å². The predicted octanol–water partition coefficient (Wildman–Crippen LogP) is 2.81. The number of benzene rings is 1. The number of nitrogens with one attached hydrogen (secondary N) is 1. The smallest absolute Gasteiger partial charge is 0.252 e. The number of rotatable bonds is 4. The Labute approximate surface area is 134 Å². The Morgan fingerprint density at radius 1 is 1.29 bits per heavy atom. The molecule has 0 unspecified atom stereocenters. The summed E-state index contributed by atoms with van der Waals surface area (Å²) < 4.78 is 22.7. The number of halogens is 2. The van der Waals surface area contributed by atoms with Gasteiger partial charge in [-0.2, -0.15) is 0 Å². The van der Waals surface area contributed by atoms with Crippen molar-refractivity contribution in [3.05, 3.63) is 27.7 Å². The standard InChI is InChI=1S/C13H18Cl2N2O3S/c1-13(2,3)4-5-17-12(18)9-6-8(21(16,19)20)7-10(14)11(9)15/h6-7H,4-5H2,1-3H3,(H,17,18)(H2,16,19,20). The second-order valence-corrected chi connectivity index (χ2v) is 8.22. The minimum Gasteiger partial charge on any atom is -0.352 e. The molecule has 1 rings (SSSR count). The van der Waals surface area contributed by atoms with Crippen LogP contribution in [0.3, 0.4) is 0 Å². The Morgan fingerprint density at radius 3 is 2.33 bits per heavy atom. The van der Waals surface area contributed by atoms with Gasteiger partial charge in [0.25, 0.3) is 5.91 Å². The number of primary sulfonamides is 1. The summed E-state index contributed by atoms with van der Waals surface area (Å²) in [5, 5.41) is 7.69. The summed E-state index contributed by atoms with van der Waals surface area (Å²) in [6.07, 6.45) is 0.763. The minimum absolute atomic E-state index is 0.00248. The van der Waals surface area contributed by atoms with Crippen molar-refractivity contribution in [2.45, 2.75) is 32.1 Å². The molecule has 5 nitrogen and oxygen atoms in total. The summed E-state index contributed by atoms with van der Waals surface area (Å²) in [6.45, 7) is 6.58. The largest absolute Gasteiger partial charge is 0.352 e. The van der Waals surface area contributed by atoms with E-state index in [-0.39, 0.29) is 25.9 Å². The summed E-state index contributed by atoms with van der Waals surface area (Å²) in [5.41, 5.74) is 0.0547. The maximum Gasteiger partial charge on any atom is 0.252 e. The monoisotopic (exact) mass is 352 g/mol. The van der Waals surface area contributed by atoms with E-state index in [0.717, 1.165) is 18.6 Å². The van der Waals surface area contributed by atoms with Crippen molar-refractivity contribution >= 4 is 39.1 Å².